The van der Waals surface area contributed by atoms with Crippen LogP contribution in [0.15, 0.2) is 18.2 Å². The number of nitriles is 1. The molecule has 0 atom stereocenters. The Morgan fingerprint density at radius 2 is 2.10 bits per heavy atom. The molecule has 0 spiro atoms. The number of carbonyl (C=O) groups is 1. The molecule has 0 radical (unpaired) electrons. The summed E-state index contributed by atoms with van der Waals surface area (Å²) >= 11 is 0. The highest BCUT2D eigenvalue weighted by Crippen LogP contribution is 2.27. The average Bonchev–Trinajstić information content (AvgIpc) is 2.39. The van der Waals surface area contributed by atoms with Crippen molar-refractivity contribution < 1.29 is 4.79 Å². The number of hydrogen-bond acceptors (Lipinski definition) is 2. The molecule has 0 aromatic heterocycles. The molecule has 0 bridgehead atoms. The van der Waals surface area contributed by atoms with E-state index in [1.54, 1.807) is 0 Å². The van der Waals surface area contributed by atoms with E-state index >= 15 is 0 Å². The number of rotatable bonds is 5. The predicted octanol–water partition coefficient (Wildman–Crippen LogP) is 3.46. The van der Waals surface area contributed by atoms with E-state index in [2.05, 4.69) is 6.07 Å². The SMILES string of the molecule is Cc1ccc(C(=O)N(CCC#N)CC2CCC2)cc1C. The summed E-state index contributed by atoms with van der Waals surface area (Å²) in [5.41, 5.74) is 3.08. The van der Waals surface area contributed by atoms with Crippen molar-refractivity contribution in [3.63, 3.8) is 0 Å². The summed E-state index contributed by atoms with van der Waals surface area (Å²) in [6, 6.07) is 7.98. The summed E-state index contributed by atoms with van der Waals surface area (Å²) in [6.45, 7) is 5.41. The number of hydrogen-bond donors (Lipinski definition) is 0. The molecular weight excluding hydrogens is 248 g/mol. The van der Waals surface area contributed by atoms with Gasteiger partial charge in [0.05, 0.1) is 12.5 Å². The molecule has 1 amide bonds. The molecule has 3 nitrogen and oxygen atoms in total. The van der Waals surface area contributed by atoms with Crippen molar-refractivity contribution in [1.29, 1.82) is 5.26 Å². The quantitative estimate of drug-likeness (QED) is 0.822. The van der Waals surface area contributed by atoms with Gasteiger partial charge >= 0.3 is 0 Å². The second kappa shape index (κ2) is 6.56. The van der Waals surface area contributed by atoms with Crippen LogP contribution >= 0.6 is 0 Å². The van der Waals surface area contributed by atoms with Gasteiger partial charge in [0.2, 0.25) is 0 Å². The molecule has 1 aliphatic rings. The van der Waals surface area contributed by atoms with Crippen LogP contribution in [0.4, 0.5) is 0 Å². The molecule has 0 saturated heterocycles. The van der Waals surface area contributed by atoms with E-state index in [1.165, 1.54) is 24.8 Å². The third kappa shape index (κ3) is 3.39. The first-order valence-corrected chi connectivity index (χ1v) is 7.35. The van der Waals surface area contributed by atoms with Crippen LogP contribution in [0.1, 0.15) is 47.2 Å². The minimum Gasteiger partial charge on any atom is -0.337 e. The summed E-state index contributed by atoms with van der Waals surface area (Å²) in [5, 5.41) is 8.77. The maximum atomic E-state index is 12.6. The van der Waals surface area contributed by atoms with Crippen LogP contribution in [0.5, 0.6) is 0 Å². The molecule has 106 valence electrons. The van der Waals surface area contributed by atoms with Crippen LogP contribution in [0.25, 0.3) is 0 Å². The highest BCUT2D eigenvalue weighted by Gasteiger charge is 2.24. The number of aryl methyl sites for hydroxylation is 2. The lowest BCUT2D eigenvalue weighted by Crippen LogP contribution is -2.38. The molecule has 20 heavy (non-hydrogen) atoms. The van der Waals surface area contributed by atoms with E-state index in [-0.39, 0.29) is 5.91 Å². The largest absolute Gasteiger partial charge is 0.337 e. The van der Waals surface area contributed by atoms with Gasteiger partial charge in [-0.15, -0.1) is 0 Å². The molecule has 0 N–H and O–H groups in total. The summed E-state index contributed by atoms with van der Waals surface area (Å²) in [5.74, 6) is 0.694. The molecule has 2 rings (SSSR count). The lowest BCUT2D eigenvalue weighted by atomic mass is 9.85. The van der Waals surface area contributed by atoms with Crippen molar-refractivity contribution in [3.05, 3.63) is 34.9 Å². The highest BCUT2D eigenvalue weighted by atomic mass is 16.2. The Morgan fingerprint density at radius 1 is 1.35 bits per heavy atom. The Kier molecular flexibility index (Phi) is 4.79. The number of benzene rings is 1. The fourth-order valence-corrected chi connectivity index (χ4v) is 2.50. The smallest absolute Gasteiger partial charge is 0.253 e. The van der Waals surface area contributed by atoms with Gasteiger partial charge in [0.15, 0.2) is 0 Å². The molecule has 1 aliphatic carbocycles. The number of nitrogens with zero attached hydrogens (tertiary/aromatic N) is 2. The van der Waals surface area contributed by atoms with Gasteiger partial charge in [0.25, 0.3) is 5.91 Å². The monoisotopic (exact) mass is 270 g/mol. The Labute approximate surface area is 121 Å². The predicted molar refractivity (Wildman–Crippen MR) is 79.4 cm³/mol. The normalized spacial score (nSPS) is 14.4. The molecule has 1 aromatic carbocycles. The minimum atomic E-state index is 0.0650. The first kappa shape index (κ1) is 14.6. The molecule has 0 aliphatic heterocycles. The number of amides is 1. The van der Waals surface area contributed by atoms with Crippen molar-refractivity contribution in [1.82, 2.24) is 4.90 Å². The standard InChI is InChI=1S/C17H22N2O/c1-13-7-8-16(11-14(13)2)17(20)19(10-4-9-18)12-15-5-3-6-15/h7-8,11,15H,3-6,10,12H2,1-2H3. The fourth-order valence-electron chi connectivity index (χ4n) is 2.50. The van der Waals surface area contributed by atoms with E-state index in [0.717, 1.165) is 17.7 Å². The number of carbonyl (C=O) groups excluding carboxylic acids is 1. The molecule has 0 unspecified atom stereocenters. The molecule has 1 aromatic rings. The van der Waals surface area contributed by atoms with Crippen molar-refractivity contribution in [3.8, 4) is 6.07 Å². The van der Waals surface area contributed by atoms with Gasteiger partial charge in [-0.05, 0) is 55.9 Å². The minimum absolute atomic E-state index is 0.0650. The maximum absolute atomic E-state index is 12.6. The van der Waals surface area contributed by atoms with E-state index in [1.807, 2.05) is 36.9 Å². The van der Waals surface area contributed by atoms with Crippen molar-refractivity contribution in [2.45, 2.75) is 39.5 Å². The average molecular weight is 270 g/mol. The van der Waals surface area contributed by atoms with Crippen molar-refractivity contribution in [2.24, 2.45) is 5.92 Å². The molecule has 0 heterocycles. The second-order valence-electron chi connectivity index (χ2n) is 5.76. The highest BCUT2D eigenvalue weighted by molar-refractivity contribution is 5.94. The van der Waals surface area contributed by atoms with Crippen LogP contribution < -0.4 is 0 Å². The molecule has 1 fully saturated rings. The summed E-state index contributed by atoms with van der Waals surface area (Å²) < 4.78 is 0. The zero-order valence-corrected chi connectivity index (χ0v) is 12.4. The third-order valence-corrected chi connectivity index (χ3v) is 4.24. The van der Waals surface area contributed by atoms with Crippen molar-refractivity contribution >= 4 is 5.91 Å². The molecule has 3 heteroatoms. The van der Waals surface area contributed by atoms with Crippen LogP contribution in [-0.4, -0.2) is 23.9 Å². The summed E-state index contributed by atoms with van der Waals surface area (Å²) in [7, 11) is 0. The van der Waals surface area contributed by atoms with Crippen LogP contribution in [0.3, 0.4) is 0 Å². The van der Waals surface area contributed by atoms with Crippen LogP contribution in [0, 0.1) is 31.1 Å². The van der Waals surface area contributed by atoms with E-state index in [4.69, 9.17) is 5.26 Å². The van der Waals surface area contributed by atoms with Gasteiger partial charge in [-0.25, -0.2) is 0 Å². The van der Waals surface area contributed by atoms with Crippen LogP contribution in [-0.2, 0) is 0 Å². The summed E-state index contributed by atoms with van der Waals surface area (Å²) in [4.78, 5) is 14.5. The Hall–Kier alpha value is -1.82. The first-order chi connectivity index (χ1) is 9.61. The Balaban J connectivity index is 2.11. The third-order valence-electron chi connectivity index (χ3n) is 4.24. The van der Waals surface area contributed by atoms with Gasteiger partial charge in [-0.1, -0.05) is 12.5 Å². The van der Waals surface area contributed by atoms with Gasteiger partial charge in [-0.3, -0.25) is 4.79 Å². The van der Waals surface area contributed by atoms with E-state index in [0.29, 0.717) is 18.9 Å². The van der Waals surface area contributed by atoms with Crippen molar-refractivity contribution in [2.75, 3.05) is 13.1 Å². The van der Waals surface area contributed by atoms with Crippen LogP contribution in [0.2, 0.25) is 0 Å². The molecule has 1 saturated carbocycles. The zero-order chi connectivity index (χ0) is 14.5. The van der Waals surface area contributed by atoms with Gasteiger partial charge < -0.3 is 4.90 Å². The first-order valence-electron chi connectivity index (χ1n) is 7.35. The Bertz CT molecular complexity index is 526. The second-order valence-corrected chi connectivity index (χ2v) is 5.76. The lowest BCUT2D eigenvalue weighted by molar-refractivity contribution is 0.0699. The summed E-state index contributed by atoms with van der Waals surface area (Å²) in [6.07, 6.45) is 4.10. The van der Waals surface area contributed by atoms with E-state index < -0.39 is 0 Å². The fraction of sp³-hybridized carbons (Fsp3) is 0.529. The lowest BCUT2D eigenvalue weighted by Gasteiger charge is -2.32. The zero-order valence-electron chi connectivity index (χ0n) is 12.4. The topological polar surface area (TPSA) is 44.1 Å². The van der Waals surface area contributed by atoms with Gasteiger partial charge in [0.1, 0.15) is 0 Å². The Morgan fingerprint density at radius 3 is 2.65 bits per heavy atom. The van der Waals surface area contributed by atoms with E-state index in [9.17, 15) is 4.79 Å². The molecular formula is C17H22N2O. The van der Waals surface area contributed by atoms with Gasteiger partial charge in [0, 0.05) is 18.7 Å². The van der Waals surface area contributed by atoms with Gasteiger partial charge in [-0.2, -0.15) is 5.26 Å². The maximum Gasteiger partial charge on any atom is 0.253 e.